The third-order valence-corrected chi connectivity index (χ3v) is 5.14. The SMILES string of the molecule is CC=C(CP(=O)(CC(C)C)OCC)C(=O)OCC. The minimum absolute atomic E-state index is 0.161. The highest BCUT2D eigenvalue weighted by atomic mass is 31.2. The summed E-state index contributed by atoms with van der Waals surface area (Å²) in [5.74, 6) is -0.133. The lowest BCUT2D eigenvalue weighted by Gasteiger charge is -2.20. The fourth-order valence-corrected chi connectivity index (χ4v) is 4.45. The molecule has 18 heavy (non-hydrogen) atoms. The highest BCUT2D eigenvalue weighted by molar-refractivity contribution is 7.59. The zero-order chi connectivity index (χ0) is 14.2. The lowest BCUT2D eigenvalue weighted by molar-refractivity contribution is -0.138. The van der Waals surface area contributed by atoms with Gasteiger partial charge in [-0.05, 0) is 26.7 Å². The molecule has 0 heterocycles. The molecule has 1 unspecified atom stereocenters. The second-order valence-electron chi connectivity index (χ2n) is 4.50. The number of carbonyl (C=O) groups is 1. The molecule has 0 aromatic carbocycles. The summed E-state index contributed by atoms with van der Waals surface area (Å²) in [4.78, 5) is 11.7. The number of allylic oxidation sites excluding steroid dienone is 1. The Bertz CT molecular complexity index is 334. The number of esters is 1. The summed E-state index contributed by atoms with van der Waals surface area (Å²) in [5, 5.41) is 0. The molecule has 0 aromatic heterocycles. The van der Waals surface area contributed by atoms with Crippen LogP contribution in [0.4, 0.5) is 0 Å². The lowest BCUT2D eigenvalue weighted by Crippen LogP contribution is -2.14. The second-order valence-corrected chi connectivity index (χ2v) is 7.07. The Balaban J connectivity index is 4.85. The van der Waals surface area contributed by atoms with Crippen LogP contribution in [-0.4, -0.2) is 31.5 Å². The van der Waals surface area contributed by atoms with Crippen LogP contribution in [0.2, 0.25) is 0 Å². The van der Waals surface area contributed by atoms with Gasteiger partial charge in [0.25, 0.3) is 0 Å². The van der Waals surface area contributed by atoms with Gasteiger partial charge in [-0.1, -0.05) is 19.9 Å². The molecule has 0 radical (unpaired) electrons. The Hall–Kier alpha value is -0.600. The van der Waals surface area contributed by atoms with Crippen LogP contribution in [-0.2, 0) is 18.6 Å². The maximum atomic E-state index is 12.6. The molecule has 0 N–H and O–H groups in total. The standard InChI is InChI=1S/C13H25O4P/c1-6-12(13(14)16-7-2)10-18(15,17-8-3)9-11(4)5/h6,11H,7-10H2,1-5H3. The van der Waals surface area contributed by atoms with Crippen LogP contribution >= 0.6 is 7.37 Å². The van der Waals surface area contributed by atoms with Crippen molar-refractivity contribution < 1.29 is 18.6 Å². The van der Waals surface area contributed by atoms with Gasteiger partial charge in [0.15, 0.2) is 0 Å². The Labute approximate surface area is 110 Å². The summed E-state index contributed by atoms with van der Waals surface area (Å²) < 4.78 is 23.0. The first-order valence-corrected chi connectivity index (χ1v) is 8.43. The average molecular weight is 276 g/mol. The predicted molar refractivity (Wildman–Crippen MR) is 74.2 cm³/mol. The van der Waals surface area contributed by atoms with Gasteiger partial charge in [0.1, 0.15) is 0 Å². The first-order chi connectivity index (χ1) is 8.38. The van der Waals surface area contributed by atoms with E-state index in [1.807, 2.05) is 20.8 Å². The van der Waals surface area contributed by atoms with Gasteiger partial charge in [0, 0.05) is 11.7 Å². The normalized spacial score (nSPS) is 15.6. The Morgan fingerprint density at radius 2 is 1.89 bits per heavy atom. The van der Waals surface area contributed by atoms with Crippen molar-refractivity contribution in [1.82, 2.24) is 0 Å². The molecule has 5 heteroatoms. The van der Waals surface area contributed by atoms with Gasteiger partial charge in [0.05, 0.1) is 19.4 Å². The molecule has 0 aliphatic heterocycles. The highest BCUT2D eigenvalue weighted by Gasteiger charge is 2.28. The van der Waals surface area contributed by atoms with Gasteiger partial charge in [-0.2, -0.15) is 0 Å². The number of ether oxygens (including phenoxy) is 1. The van der Waals surface area contributed by atoms with E-state index in [-0.39, 0.29) is 12.1 Å². The van der Waals surface area contributed by atoms with Gasteiger partial charge in [-0.3, -0.25) is 4.57 Å². The lowest BCUT2D eigenvalue weighted by atomic mass is 10.3. The van der Waals surface area contributed by atoms with Crippen molar-refractivity contribution in [1.29, 1.82) is 0 Å². The zero-order valence-electron chi connectivity index (χ0n) is 12.1. The Morgan fingerprint density at radius 1 is 1.28 bits per heavy atom. The van der Waals surface area contributed by atoms with E-state index in [2.05, 4.69) is 0 Å². The van der Waals surface area contributed by atoms with E-state index < -0.39 is 13.3 Å². The monoisotopic (exact) mass is 276 g/mol. The fourth-order valence-electron chi connectivity index (χ4n) is 1.71. The van der Waals surface area contributed by atoms with E-state index in [4.69, 9.17) is 9.26 Å². The van der Waals surface area contributed by atoms with Crippen LogP contribution < -0.4 is 0 Å². The summed E-state index contributed by atoms with van der Waals surface area (Å²) in [6.07, 6.45) is 2.30. The molecule has 0 aromatic rings. The van der Waals surface area contributed by atoms with Crippen molar-refractivity contribution in [3.05, 3.63) is 11.6 Å². The van der Waals surface area contributed by atoms with Crippen LogP contribution in [0.25, 0.3) is 0 Å². The molecule has 4 nitrogen and oxygen atoms in total. The summed E-state index contributed by atoms with van der Waals surface area (Å²) in [5.41, 5.74) is 0.439. The van der Waals surface area contributed by atoms with Crippen molar-refractivity contribution in [2.75, 3.05) is 25.5 Å². The first kappa shape index (κ1) is 17.4. The van der Waals surface area contributed by atoms with Crippen LogP contribution in [0.3, 0.4) is 0 Å². The number of carbonyl (C=O) groups excluding carboxylic acids is 1. The smallest absolute Gasteiger partial charge is 0.334 e. The zero-order valence-corrected chi connectivity index (χ0v) is 13.0. The molecule has 106 valence electrons. The largest absolute Gasteiger partial charge is 0.463 e. The molecule has 0 fully saturated rings. The molecule has 0 saturated carbocycles. The molecule has 1 atom stereocenters. The van der Waals surface area contributed by atoms with Gasteiger partial charge in [-0.25, -0.2) is 4.79 Å². The van der Waals surface area contributed by atoms with E-state index in [1.165, 1.54) is 0 Å². The molecule has 0 saturated heterocycles. The van der Waals surface area contributed by atoms with Crippen LogP contribution in [0, 0.1) is 5.92 Å². The minimum atomic E-state index is -2.79. The summed E-state index contributed by atoms with van der Waals surface area (Å²) in [7, 11) is -2.79. The van der Waals surface area contributed by atoms with Gasteiger partial charge in [-0.15, -0.1) is 0 Å². The first-order valence-electron chi connectivity index (χ1n) is 6.43. The third kappa shape index (κ3) is 6.36. The number of hydrogen-bond donors (Lipinski definition) is 0. The van der Waals surface area contributed by atoms with E-state index in [9.17, 15) is 9.36 Å². The van der Waals surface area contributed by atoms with Crippen LogP contribution in [0.1, 0.15) is 34.6 Å². The van der Waals surface area contributed by atoms with Gasteiger partial charge < -0.3 is 9.26 Å². The molecule has 0 bridgehead atoms. The summed E-state index contributed by atoms with van der Waals surface area (Å²) >= 11 is 0. The Kier molecular flexibility index (Phi) is 8.21. The quantitative estimate of drug-likeness (QED) is 0.387. The molecule has 0 aliphatic rings. The van der Waals surface area contributed by atoms with Crippen molar-refractivity contribution in [2.24, 2.45) is 5.92 Å². The average Bonchev–Trinajstić information content (AvgIpc) is 2.25. The number of hydrogen-bond acceptors (Lipinski definition) is 4. The van der Waals surface area contributed by atoms with E-state index >= 15 is 0 Å². The summed E-state index contributed by atoms with van der Waals surface area (Å²) in [6.45, 7) is 10.0. The third-order valence-electron chi connectivity index (χ3n) is 2.31. The van der Waals surface area contributed by atoms with Crippen LogP contribution in [0.15, 0.2) is 11.6 Å². The highest BCUT2D eigenvalue weighted by Crippen LogP contribution is 2.50. The molecular formula is C13H25O4P. The fraction of sp³-hybridized carbons (Fsp3) is 0.769. The second kappa shape index (κ2) is 8.49. The molecule has 0 amide bonds. The van der Waals surface area contributed by atoms with E-state index in [0.717, 1.165) is 0 Å². The summed E-state index contributed by atoms with van der Waals surface area (Å²) in [6, 6.07) is 0. The van der Waals surface area contributed by atoms with Gasteiger partial charge in [0.2, 0.25) is 7.37 Å². The molecular weight excluding hydrogens is 251 g/mol. The van der Waals surface area contributed by atoms with Crippen molar-refractivity contribution >= 4 is 13.3 Å². The molecule has 0 rings (SSSR count). The van der Waals surface area contributed by atoms with Crippen molar-refractivity contribution in [2.45, 2.75) is 34.6 Å². The Morgan fingerprint density at radius 3 is 2.28 bits per heavy atom. The maximum Gasteiger partial charge on any atom is 0.334 e. The van der Waals surface area contributed by atoms with Crippen molar-refractivity contribution in [3.63, 3.8) is 0 Å². The minimum Gasteiger partial charge on any atom is -0.463 e. The van der Waals surface area contributed by atoms with Crippen molar-refractivity contribution in [3.8, 4) is 0 Å². The number of rotatable bonds is 8. The maximum absolute atomic E-state index is 12.6. The van der Waals surface area contributed by atoms with Crippen LogP contribution in [0.5, 0.6) is 0 Å². The molecule has 0 spiro atoms. The predicted octanol–water partition coefficient (Wildman–Crippen LogP) is 3.47. The topological polar surface area (TPSA) is 52.6 Å². The van der Waals surface area contributed by atoms with E-state index in [1.54, 1.807) is 19.9 Å². The van der Waals surface area contributed by atoms with Gasteiger partial charge >= 0.3 is 5.97 Å². The molecule has 0 aliphatic carbocycles. The van der Waals surface area contributed by atoms with E-state index in [0.29, 0.717) is 24.9 Å².